The van der Waals surface area contributed by atoms with Crippen molar-refractivity contribution in [2.45, 2.75) is 69.9 Å². The second-order valence-corrected chi connectivity index (χ2v) is 9.91. The van der Waals surface area contributed by atoms with E-state index in [1.807, 2.05) is 36.4 Å². The van der Waals surface area contributed by atoms with Crippen LogP contribution in [0.4, 0.5) is 0 Å². The highest BCUT2D eigenvalue weighted by atomic mass is 15.0. The lowest BCUT2D eigenvalue weighted by Crippen LogP contribution is -2.16. The van der Waals surface area contributed by atoms with Crippen molar-refractivity contribution < 1.29 is 0 Å². The molecule has 0 atom stereocenters. The minimum absolute atomic E-state index is 0.362. The summed E-state index contributed by atoms with van der Waals surface area (Å²) in [6.07, 6.45) is 10.1. The number of hydrogen-bond donors (Lipinski definition) is 4. The zero-order chi connectivity index (χ0) is 23.8. The second-order valence-electron chi connectivity index (χ2n) is 9.91. The number of benzene rings is 2. The lowest BCUT2D eigenvalue weighted by molar-refractivity contribution is 0.706. The number of aromatic amines is 2. The molecule has 8 heteroatoms. The Kier molecular flexibility index (Phi) is 5.72. The van der Waals surface area contributed by atoms with Gasteiger partial charge in [0.15, 0.2) is 0 Å². The molecule has 2 aromatic carbocycles. The highest BCUT2D eigenvalue weighted by Crippen LogP contribution is 2.23. The fourth-order valence-electron chi connectivity index (χ4n) is 5.38. The van der Waals surface area contributed by atoms with Gasteiger partial charge in [-0.25, -0.2) is 9.97 Å². The lowest BCUT2D eigenvalue weighted by Gasteiger charge is -2.05. The quantitative estimate of drug-likeness (QED) is 0.247. The van der Waals surface area contributed by atoms with E-state index in [9.17, 15) is 0 Å². The third-order valence-corrected chi connectivity index (χ3v) is 7.28. The molecule has 2 fully saturated rings. The first kappa shape index (κ1) is 21.8. The van der Waals surface area contributed by atoms with Gasteiger partial charge in [-0.3, -0.25) is 9.98 Å². The molecule has 8 nitrogen and oxygen atoms in total. The molecule has 0 amide bonds. The van der Waals surface area contributed by atoms with Crippen molar-refractivity contribution in [2.24, 2.45) is 21.5 Å². The van der Waals surface area contributed by atoms with Crippen molar-refractivity contribution in [1.82, 2.24) is 19.9 Å². The molecule has 2 aromatic heterocycles. The maximum atomic E-state index is 6.30. The summed E-state index contributed by atoms with van der Waals surface area (Å²) in [5, 5.41) is 0. The number of nitrogens with one attached hydrogen (secondary N) is 2. The Morgan fingerprint density at radius 2 is 1.14 bits per heavy atom. The van der Waals surface area contributed by atoms with E-state index in [0.29, 0.717) is 30.2 Å². The fourth-order valence-corrected chi connectivity index (χ4v) is 5.38. The van der Waals surface area contributed by atoms with Crippen LogP contribution in [0.3, 0.4) is 0 Å². The summed E-state index contributed by atoms with van der Waals surface area (Å²) in [5.74, 6) is 2.92. The van der Waals surface area contributed by atoms with Gasteiger partial charge in [0.1, 0.15) is 23.3 Å². The highest BCUT2D eigenvalue weighted by Gasteiger charge is 2.16. The molecule has 2 aliphatic rings. The number of aromatic nitrogens is 4. The molecule has 180 valence electrons. The predicted molar refractivity (Wildman–Crippen MR) is 141 cm³/mol. The van der Waals surface area contributed by atoms with E-state index in [4.69, 9.17) is 31.4 Å². The lowest BCUT2D eigenvalue weighted by atomic mass is 10.1. The summed E-state index contributed by atoms with van der Waals surface area (Å²) in [6.45, 7) is 0. The molecule has 2 aliphatic carbocycles. The summed E-state index contributed by atoms with van der Waals surface area (Å²) in [4.78, 5) is 25.8. The van der Waals surface area contributed by atoms with Crippen molar-refractivity contribution in [3.8, 4) is 0 Å². The number of H-pyrrole nitrogens is 2. The van der Waals surface area contributed by atoms with E-state index in [1.165, 1.54) is 25.7 Å². The Hall–Kier alpha value is -3.68. The zero-order valence-electron chi connectivity index (χ0n) is 19.9. The van der Waals surface area contributed by atoms with Crippen molar-refractivity contribution in [1.29, 1.82) is 0 Å². The molecule has 6 N–H and O–H groups in total. The number of imidazole rings is 2. The molecule has 6 rings (SSSR count). The zero-order valence-corrected chi connectivity index (χ0v) is 19.9. The van der Waals surface area contributed by atoms with Crippen LogP contribution in [0.2, 0.25) is 0 Å². The van der Waals surface area contributed by atoms with Gasteiger partial charge in [-0.15, -0.1) is 0 Å². The van der Waals surface area contributed by atoms with Gasteiger partial charge in [-0.05, 0) is 62.1 Å². The molecule has 0 radical (unpaired) electrons. The molecule has 0 saturated heterocycles. The first-order valence-corrected chi connectivity index (χ1v) is 12.8. The van der Waals surface area contributed by atoms with Gasteiger partial charge in [0.25, 0.3) is 0 Å². The Labute approximate surface area is 204 Å². The summed E-state index contributed by atoms with van der Waals surface area (Å²) in [6, 6.07) is 12.8. The predicted octanol–water partition coefficient (Wildman–Crippen LogP) is 4.33. The molecular formula is C27H32N8. The number of aliphatic imine (C=N–C) groups is 2. The standard InChI is InChI=1S/C27H32N8/c28-26(30-18-5-1-2-6-18)16-9-11-20-22(13-16)34-24(32-20)15-25-33-21-12-10-17(14-23(21)35-25)27(29)31-19-7-3-4-8-19/h9-14,18-19H,1-8,15H2,(H2,28,30)(H2,29,31)(H,32,34)(H,33,35). The SMILES string of the molecule is NC(=NC1CCCC1)c1ccc2nc(Cc3nc4ccc(C(N)=NC5CCCC5)cc4[nH]3)[nH]c2c1. The third-order valence-electron chi connectivity index (χ3n) is 7.28. The Morgan fingerprint density at radius 1 is 0.714 bits per heavy atom. The van der Waals surface area contributed by atoms with E-state index in [0.717, 1.165) is 70.5 Å². The number of hydrogen-bond acceptors (Lipinski definition) is 4. The summed E-state index contributed by atoms with van der Waals surface area (Å²) < 4.78 is 0. The van der Waals surface area contributed by atoms with Crippen LogP contribution in [-0.4, -0.2) is 43.7 Å². The van der Waals surface area contributed by atoms with E-state index >= 15 is 0 Å². The van der Waals surface area contributed by atoms with Crippen molar-refractivity contribution in [3.63, 3.8) is 0 Å². The average Bonchev–Trinajstić information content (AvgIpc) is 3.65. The Bertz CT molecular complexity index is 1310. The van der Waals surface area contributed by atoms with Gasteiger partial charge in [-0.2, -0.15) is 0 Å². The largest absolute Gasteiger partial charge is 0.383 e. The molecular weight excluding hydrogens is 436 g/mol. The molecule has 0 bridgehead atoms. The van der Waals surface area contributed by atoms with Gasteiger partial charge in [-0.1, -0.05) is 25.7 Å². The minimum atomic E-state index is 0.362. The maximum Gasteiger partial charge on any atom is 0.125 e. The number of fused-ring (bicyclic) bond motifs is 2. The molecule has 4 aromatic rings. The van der Waals surface area contributed by atoms with Crippen molar-refractivity contribution in [3.05, 3.63) is 59.2 Å². The smallest absolute Gasteiger partial charge is 0.125 e. The summed E-state index contributed by atoms with van der Waals surface area (Å²) in [7, 11) is 0. The molecule has 0 spiro atoms. The van der Waals surface area contributed by atoms with Crippen LogP contribution in [0.5, 0.6) is 0 Å². The van der Waals surface area contributed by atoms with Gasteiger partial charge in [0.2, 0.25) is 0 Å². The van der Waals surface area contributed by atoms with Crippen LogP contribution in [0.15, 0.2) is 46.4 Å². The molecule has 2 heterocycles. The summed E-state index contributed by atoms with van der Waals surface area (Å²) >= 11 is 0. The van der Waals surface area contributed by atoms with Gasteiger partial charge in [0.05, 0.1) is 40.6 Å². The van der Waals surface area contributed by atoms with Crippen LogP contribution in [0.25, 0.3) is 22.1 Å². The summed E-state index contributed by atoms with van der Waals surface area (Å²) in [5.41, 5.74) is 18.2. The van der Waals surface area contributed by atoms with Gasteiger partial charge in [0, 0.05) is 11.1 Å². The first-order chi connectivity index (χ1) is 17.1. The molecule has 0 aliphatic heterocycles. The fraction of sp³-hybridized carbons (Fsp3) is 0.407. The molecule has 0 unspecified atom stereocenters. The monoisotopic (exact) mass is 468 g/mol. The topological polar surface area (TPSA) is 134 Å². The van der Waals surface area contributed by atoms with Crippen molar-refractivity contribution >= 4 is 33.7 Å². The van der Waals surface area contributed by atoms with E-state index < -0.39 is 0 Å². The van der Waals surface area contributed by atoms with E-state index in [-0.39, 0.29) is 0 Å². The molecule has 2 saturated carbocycles. The number of nitrogens with two attached hydrogens (primary N) is 2. The number of rotatable bonds is 6. The second kappa shape index (κ2) is 9.17. The van der Waals surface area contributed by atoms with Crippen molar-refractivity contribution in [2.75, 3.05) is 0 Å². The van der Waals surface area contributed by atoms with Gasteiger partial charge < -0.3 is 21.4 Å². The minimum Gasteiger partial charge on any atom is -0.383 e. The Morgan fingerprint density at radius 3 is 1.57 bits per heavy atom. The van der Waals surface area contributed by atoms with Crippen LogP contribution < -0.4 is 11.5 Å². The Balaban J connectivity index is 1.21. The first-order valence-electron chi connectivity index (χ1n) is 12.8. The van der Waals surface area contributed by atoms with Gasteiger partial charge >= 0.3 is 0 Å². The normalized spacial score (nSPS) is 18.4. The average molecular weight is 469 g/mol. The van der Waals surface area contributed by atoms with E-state index in [1.54, 1.807) is 0 Å². The highest BCUT2D eigenvalue weighted by molar-refractivity contribution is 6.01. The van der Waals surface area contributed by atoms with Crippen LogP contribution in [0.1, 0.15) is 74.1 Å². The third kappa shape index (κ3) is 4.65. The van der Waals surface area contributed by atoms with Crippen LogP contribution in [-0.2, 0) is 6.42 Å². The maximum absolute atomic E-state index is 6.30. The van der Waals surface area contributed by atoms with E-state index in [2.05, 4.69) is 9.97 Å². The van der Waals surface area contributed by atoms with Crippen LogP contribution in [0, 0.1) is 0 Å². The van der Waals surface area contributed by atoms with Crippen LogP contribution >= 0.6 is 0 Å². The number of nitrogens with zero attached hydrogens (tertiary/aromatic N) is 4. The molecule has 35 heavy (non-hydrogen) atoms. The number of amidine groups is 2.